The molecule has 0 aliphatic rings. The fourth-order valence-electron chi connectivity index (χ4n) is 2.61. The fraction of sp³-hybridized carbons (Fsp3) is 0.278. The largest absolute Gasteiger partial charge is 0.495 e. The van der Waals surface area contributed by atoms with Gasteiger partial charge in [0.1, 0.15) is 17.2 Å². The highest BCUT2D eigenvalue weighted by molar-refractivity contribution is 7.89. The Bertz CT molecular complexity index is 1240. The SMILES string of the molecule is COC(=O)c1cc([N+](=O)[O-])c(=O)n(CC(=O)Nc2ccc(OC)c(S(=O)(=O)N(C)C)c2)c1. The smallest absolute Gasteiger partial charge is 0.339 e. The third-order valence-corrected chi connectivity index (χ3v) is 6.04. The minimum Gasteiger partial charge on any atom is -0.495 e. The molecule has 0 atom stereocenters. The topological polar surface area (TPSA) is 167 Å². The monoisotopic (exact) mass is 468 g/mol. The molecule has 1 aromatic carbocycles. The van der Waals surface area contributed by atoms with Gasteiger partial charge in [-0.2, -0.15) is 0 Å². The van der Waals surface area contributed by atoms with Crippen molar-refractivity contribution in [1.82, 2.24) is 8.87 Å². The molecular weight excluding hydrogens is 448 g/mol. The van der Waals surface area contributed by atoms with Crippen LogP contribution in [-0.2, 0) is 26.1 Å². The third kappa shape index (κ3) is 5.09. The summed E-state index contributed by atoms with van der Waals surface area (Å²) in [7, 11) is 1.10. The van der Waals surface area contributed by atoms with E-state index in [9.17, 15) is 32.9 Å². The summed E-state index contributed by atoms with van der Waals surface area (Å²) in [5.74, 6) is -1.69. The van der Waals surface area contributed by atoms with Gasteiger partial charge in [0.15, 0.2) is 0 Å². The summed E-state index contributed by atoms with van der Waals surface area (Å²) in [6, 6.07) is 4.63. The van der Waals surface area contributed by atoms with Crippen LogP contribution in [0.3, 0.4) is 0 Å². The van der Waals surface area contributed by atoms with E-state index in [0.717, 1.165) is 23.7 Å². The number of nitrogens with zero attached hydrogens (tertiary/aromatic N) is 3. The normalized spacial score (nSPS) is 11.2. The fourth-order valence-corrected chi connectivity index (χ4v) is 3.68. The van der Waals surface area contributed by atoms with Crippen molar-refractivity contribution in [2.75, 3.05) is 33.6 Å². The van der Waals surface area contributed by atoms with E-state index in [1.54, 1.807) is 0 Å². The third-order valence-electron chi connectivity index (χ3n) is 4.20. The first-order valence-corrected chi connectivity index (χ1v) is 10.2. The molecule has 0 aliphatic heterocycles. The predicted octanol–water partition coefficient (Wildman–Crippen LogP) is 0.441. The number of carbonyl (C=O) groups is 2. The van der Waals surface area contributed by atoms with E-state index in [-0.39, 0.29) is 21.9 Å². The molecule has 0 bridgehead atoms. The number of sulfonamides is 1. The van der Waals surface area contributed by atoms with Crippen LogP contribution >= 0.6 is 0 Å². The molecule has 1 heterocycles. The second kappa shape index (κ2) is 9.57. The van der Waals surface area contributed by atoms with Crippen LogP contribution in [-0.4, -0.2) is 62.4 Å². The maximum absolute atomic E-state index is 12.5. The summed E-state index contributed by atoms with van der Waals surface area (Å²) in [5, 5.41) is 13.5. The molecule has 2 rings (SSSR count). The number of carbonyl (C=O) groups excluding carboxylic acids is 2. The van der Waals surface area contributed by atoms with Crippen molar-refractivity contribution >= 4 is 33.3 Å². The second-order valence-electron chi connectivity index (χ2n) is 6.50. The zero-order valence-corrected chi connectivity index (χ0v) is 18.3. The molecule has 0 saturated carbocycles. The van der Waals surface area contributed by atoms with Crippen LogP contribution in [0.2, 0.25) is 0 Å². The Labute approximate surface area is 182 Å². The average Bonchev–Trinajstić information content (AvgIpc) is 2.74. The first-order chi connectivity index (χ1) is 14.9. The van der Waals surface area contributed by atoms with E-state index in [2.05, 4.69) is 10.1 Å². The molecule has 13 nitrogen and oxygen atoms in total. The van der Waals surface area contributed by atoms with Crippen LogP contribution in [0.15, 0.2) is 40.2 Å². The number of hydrogen-bond acceptors (Lipinski definition) is 9. The van der Waals surface area contributed by atoms with Crippen molar-refractivity contribution in [3.05, 3.63) is 56.5 Å². The number of pyridine rings is 1. The Hall–Kier alpha value is -3.78. The summed E-state index contributed by atoms with van der Waals surface area (Å²) >= 11 is 0. The molecule has 0 unspecified atom stereocenters. The molecule has 1 N–H and O–H groups in total. The lowest BCUT2D eigenvalue weighted by Gasteiger charge is -2.16. The molecule has 0 radical (unpaired) electrons. The van der Waals surface area contributed by atoms with Crippen LogP contribution in [0.4, 0.5) is 11.4 Å². The van der Waals surface area contributed by atoms with Gasteiger partial charge in [-0.15, -0.1) is 0 Å². The van der Waals surface area contributed by atoms with E-state index in [1.165, 1.54) is 39.4 Å². The highest BCUT2D eigenvalue weighted by Crippen LogP contribution is 2.28. The average molecular weight is 468 g/mol. The van der Waals surface area contributed by atoms with Gasteiger partial charge in [0.05, 0.1) is 24.7 Å². The minimum absolute atomic E-state index is 0.0503. The summed E-state index contributed by atoms with van der Waals surface area (Å²) in [4.78, 5) is 46.4. The first kappa shape index (κ1) is 24.5. The summed E-state index contributed by atoms with van der Waals surface area (Å²) in [5.41, 5.74) is -2.24. The van der Waals surface area contributed by atoms with Gasteiger partial charge in [0.2, 0.25) is 15.9 Å². The van der Waals surface area contributed by atoms with Crippen molar-refractivity contribution in [1.29, 1.82) is 0 Å². The zero-order valence-electron chi connectivity index (χ0n) is 17.5. The van der Waals surface area contributed by atoms with Crippen LogP contribution in [0.25, 0.3) is 0 Å². The van der Waals surface area contributed by atoms with E-state index in [4.69, 9.17) is 4.74 Å². The van der Waals surface area contributed by atoms with Crippen molar-refractivity contribution in [3.8, 4) is 5.75 Å². The van der Waals surface area contributed by atoms with Crippen molar-refractivity contribution in [3.63, 3.8) is 0 Å². The maximum atomic E-state index is 12.5. The first-order valence-electron chi connectivity index (χ1n) is 8.80. The molecule has 1 aromatic heterocycles. The van der Waals surface area contributed by atoms with Gasteiger partial charge in [-0.1, -0.05) is 0 Å². The van der Waals surface area contributed by atoms with Gasteiger partial charge in [-0.05, 0) is 18.2 Å². The molecule has 0 saturated heterocycles. The number of nitro groups is 1. The van der Waals surface area contributed by atoms with Crippen LogP contribution < -0.4 is 15.6 Å². The van der Waals surface area contributed by atoms with Crippen molar-refractivity contribution in [2.24, 2.45) is 0 Å². The van der Waals surface area contributed by atoms with Gasteiger partial charge in [0, 0.05) is 32.0 Å². The van der Waals surface area contributed by atoms with Gasteiger partial charge in [-0.25, -0.2) is 17.5 Å². The number of hydrogen-bond donors (Lipinski definition) is 1. The molecule has 0 spiro atoms. The number of esters is 1. The van der Waals surface area contributed by atoms with Crippen molar-refractivity contribution < 1.29 is 32.4 Å². The van der Waals surface area contributed by atoms with Crippen LogP contribution in [0.5, 0.6) is 5.75 Å². The van der Waals surface area contributed by atoms with Gasteiger partial charge in [0.25, 0.3) is 0 Å². The molecule has 32 heavy (non-hydrogen) atoms. The Morgan fingerprint density at radius 1 is 1.22 bits per heavy atom. The lowest BCUT2D eigenvalue weighted by molar-refractivity contribution is -0.386. The Morgan fingerprint density at radius 2 is 1.88 bits per heavy atom. The molecular formula is C18H20N4O9S. The van der Waals surface area contributed by atoms with Crippen LogP contribution in [0.1, 0.15) is 10.4 Å². The summed E-state index contributed by atoms with van der Waals surface area (Å²) in [6.07, 6.45) is 0.955. The van der Waals surface area contributed by atoms with E-state index in [1.807, 2.05) is 0 Å². The zero-order chi connectivity index (χ0) is 24.2. The van der Waals surface area contributed by atoms with E-state index in [0.29, 0.717) is 4.57 Å². The molecule has 2 aromatic rings. The number of methoxy groups -OCH3 is 2. The van der Waals surface area contributed by atoms with E-state index < -0.39 is 44.6 Å². The van der Waals surface area contributed by atoms with Gasteiger partial charge < -0.3 is 14.8 Å². The number of amides is 1. The number of ether oxygens (including phenoxy) is 2. The van der Waals surface area contributed by atoms with Gasteiger partial charge >= 0.3 is 17.2 Å². The number of anilines is 1. The Balaban J connectivity index is 2.40. The van der Waals surface area contributed by atoms with Gasteiger partial charge in [-0.3, -0.25) is 24.3 Å². The molecule has 0 aliphatic carbocycles. The number of rotatable bonds is 8. The number of aromatic nitrogens is 1. The quantitative estimate of drug-likeness (QED) is 0.328. The highest BCUT2D eigenvalue weighted by atomic mass is 32.2. The second-order valence-corrected chi connectivity index (χ2v) is 8.62. The Kier molecular flexibility index (Phi) is 7.32. The van der Waals surface area contributed by atoms with Crippen molar-refractivity contribution in [2.45, 2.75) is 11.4 Å². The lowest BCUT2D eigenvalue weighted by Crippen LogP contribution is -2.29. The molecule has 1 amide bonds. The lowest BCUT2D eigenvalue weighted by atomic mass is 10.2. The number of benzene rings is 1. The Morgan fingerprint density at radius 3 is 2.41 bits per heavy atom. The molecule has 172 valence electrons. The summed E-state index contributed by atoms with van der Waals surface area (Å²) < 4.78 is 36.2. The van der Waals surface area contributed by atoms with E-state index >= 15 is 0 Å². The predicted molar refractivity (Wildman–Crippen MR) is 111 cm³/mol. The minimum atomic E-state index is -3.90. The molecule has 0 fully saturated rings. The molecule has 14 heteroatoms. The number of nitrogens with one attached hydrogen (secondary N) is 1. The summed E-state index contributed by atoms with van der Waals surface area (Å²) in [6.45, 7) is -0.688. The maximum Gasteiger partial charge on any atom is 0.339 e. The highest BCUT2D eigenvalue weighted by Gasteiger charge is 2.24. The standard InChI is InChI=1S/C18H20N4O9S/c1-20(2)32(28,29)15-8-12(5-6-14(15)30-3)19-16(23)10-21-9-11(18(25)31-4)7-13(17(21)24)22(26)27/h5-9H,10H2,1-4H3,(H,19,23). The van der Waals surface area contributed by atoms with Crippen LogP contribution in [0, 0.1) is 10.1 Å².